The Hall–Kier alpha value is -3.09. The number of fused-ring (bicyclic) bond motifs is 1. The Morgan fingerprint density at radius 3 is 2.38 bits per heavy atom. The van der Waals surface area contributed by atoms with Crippen molar-refractivity contribution in [2.75, 3.05) is 32.1 Å². The van der Waals surface area contributed by atoms with Gasteiger partial charge in [0.2, 0.25) is 0 Å². The number of amides is 2. The zero-order valence-electron chi connectivity index (χ0n) is 21.0. The molecule has 1 saturated heterocycles. The number of aromatic nitrogens is 1. The number of aryl methyl sites for hydroxylation is 1. The lowest BCUT2D eigenvalue weighted by Crippen LogP contribution is -2.45. The largest absolute Gasteiger partial charge is 0.371 e. The highest BCUT2D eigenvalue weighted by Crippen LogP contribution is 2.38. The molecule has 0 bridgehead atoms. The second kappa shape index (κ2) is 10.7. The molecule has 1 fully saturated rings. The van der Waals surface area contributed by atoms with Crippen LogP contribution in [0.2, 0.25) is 10.0 Å². The molecule has 1 aliphatic carbocycles. The van der Waals surface area contributed by atoms with E-state index in [0.29, 0.717) is 16.1 Å². The molecule has 1 unspecified atom stereocenters. The summed E-state index contributed by atoms with van der Waals surface area (Å²) >= 11 is 12.5. The third kappa shape index (κ3) is 5.05. The molecule has 6 nitrogen and oxygen atoms in total. The normalized spacial score (nSPS) is 17.4. The number of carbonyl (C=O) groups excluding carboxylic acids is 2. The number of carbonyl (C=O) groups is 2. The van der Waals surface area contributed by atoms with Crippen LogP contribution in [0.5, 0.6) is 0 Å². The molecular formula is C29H30Cl2N4O2. The van der Waals surface area contributed by atoms with Crippen molar-refractivity contribution < 1.29 is 9.59 Å². The molecule has 1 atom stereocenters. The minimum absolute atomic E-state index is 0.0164. The quantitative estimate of drug-likeness (QED) is 0.408. The molecule has 3 aromatic rings. The summed E-state index contributed by atoms with van der Waals surface area (Å²) in [5, 5.41) is 0.620. The van der Waals surface area contributed by atoms with Crippen LogP contribution in [0.1, 0.15) is 57.1 Å². The predicted molar refractivity (Wildman–Crippen MR) is 148 cm³/mol. The molecule has 0 spiro atoms. The summed E-state index contributed by atoms with van der Waals surface area (Å²) in [5.74, 6) is -0.164. The van der Waals surface area contributed by atoms with Gasteiger partial charge in [0.15, 0.2) is 0 Å². The Bertz CT molecular complexity index is 1310. The molecule has 0 saturated carbocycles. The van der Waals surface area contributed by atoms with E-state index in [9.17, 15) is 9.59 Å². The summed E-state index contributed by atoms with van der Waals surface area (Å²) < 4.78 is 0. The van der Waals surface area contributed by atoms with Crippen molar-refractivity contribution in [1.29, 1.82) is 0 Å². The highest BCUT2D eigenvalue weighted by molar-refractivity contribution is 6.43. The first-order valence-electron chi connectivity index (χ1n) is 12.6. The highest BCUT2D eigenvalue weighted by Gasteiger charge is 2.32. The van der Waals surface area contributed by atoms with Crippen LogP contribution in [0.4, 0.5) is 5.69 Å². The van der Waals surface area contributed by atoms with E-state index < -0.39 is 0 Å². The van der Waals surface area contributed by atoms with E-state index in [1.807, 2.05) is 54.7 Å². The number of pyridine rings is 1. The number of anilines is 1. The fourth-order valence-electron chi connectivity index (χ4n) is 5.55. The summed E-state index contributed by atoms with van der Waals surface area (Å²) in [5.41, 5.74) is 4.42. The third-order valence-corrected chi connectivity index (χ3v) is 8.59. The van der Waals surface area contributed by atoms with Crippen LogP contribution in [0.25, 0.3) is 0 Å². The molecule has 192 valence electrons. The lowest BCUT2D eigenvalue weighted by atomic mass is 9.99. The van der Waals surface area contributed by atoms with E-state index in [1.165, 1.54) is 11.3 Å². The maximum atomic E-state index is 13.5. The number of benzene rings is 2. The van der Waals surface area contributed by atoms with Gasteiger partial charge in [0.25, 0.3) is 11.8 Å². The first kappa shape index (κ1) is 25.6. The summed E-state index contributed by atoms with van der Waals surface area (Å²) in [4.78, 5) is 36.8. The third-order valence-electron chi connectivity index (χ3n) is 7.77. The number of hydrogen-bond donors (Lipinski definition) is 0. The van der Waals surface area contributed by atoms with Crippen molar-refractivity contribution >= 4 is 40.7 Å². The monoisotopic (exact) mass is 536 g/mol. The van der Waals surface area contributed by atoms with Gasteiger partial charge >= 0.3 is 0 Å². The Kier molecular flexibility index (Phi) is 7.40. The van der Waals surface area contributed by atoms with E-state index in [0.717, 1.165) is 44.3 Å². The molecule has 1 aliphatic heterocycles. The van der Waals surface area contributed by atoms with Crippen molar-refractivity contribution in [3.8, 4) is 0 Å². The summed E-state index contributed by atoms with van der Waals surface area (Å²) in [7, 11) is 3.69. The Morgan fingerprint density at radius 2 is 1.65 bits per heavy atom. The van der Waals surface area contributed by atoms with Gasteiger partial charge in [-0.25, -0.2) is 0 Å². The van der Waals surface area contributed by atoms with Crippen molar-refractivity contribution in [3.63, 3.8) is 0 Å². The van der Waals surface area contributed by atoms with Crippen LogP contribution in [-0.2, 0) is 6.42 Å². The fraction of sp³-hybridized carbons (Fsp3) is 0.345. The van der Waals surface area contributed by atoms with Gasteiger partial charge in [-0.1, -0.05) is 35.3 Å². The van der Waals surface area contributed by atoms with Gasteiger partial charge in [0, 0.05) is 56.9 Å². The molecule has 0 N–H and O–H groups in total. The van der Waals surface area contributed by atoms with Crippen molar-refractivity contribution in [1.82, 2.24) is 14.8 Å². The van der Waals surface area contributed by atoms with E-state index >= 15 is 0 Å². The van der Waals surface area contributed by atoms with Gasteiger partial charge in [-0.3, -0.25) is 14.6 Å². The summed E-state index contributed by atoms with van der Waals surface area (Å²) in [6, 6.07) is 15.1. The number of nitrogens with zero attached hydrogens (tertiary/aromatic N) is 4. The Morgan fingerprint density at radius 1 is 0.919 bits per heavy atom. The van der Waals surface area contributed by atoms with Crippen LogP contribution in [0.15, 0.2) is 60.9 Å². The molecular weight excluding hydrogens is 507 g/mol. The minimum atomic E-state index is -0.180. The first-order valence-corrected chi connectivity index (χ1v) is 13.4. The Labute approximate surface area is 227 Å². The zero-order chi connectivity index (χ0) is 26.1. The molecule has 2 aromatic carbocycles. The van der Waals surface area contributed by atoms with Crippen LogP contribution in [0, 0.1) is 0 Å². The number of piperidine rings is 1. The maximum Gasteiger partial charge on any atom is 0.255 e. The number of rotatable bonds is 5. The topological polar surface area (TPSA) is 56.8 Å². The average molecular weight is 537 g/mol. The van der Waals surface area contributed by atoms with E-state index in [2.05, 4.69) is 9.88 Å². The van der Waals surface area contributed by atoms with Gasteiger partial charge in [0.05, 0.1) is 21.7 Å². The van der Waals surface area contributed by atoms with Crippen molar-refractivity contribution in [2.24, 2.45) is 0 Å². The van der Waals surface area contributed by atoms with Gasteiger partial charge in [0.1, 0.15) is 0 Å². The minimum Gasteiger partial charge on any atom is -0.371 e. The molecule has 0 radical (unpaired) electrons. The second-order valence-electron chi connectivity index (χ2n) is 9.83. The van der Waals surface area contributed by atoms with Crippen LogP contribution < -0.4 is 4.90 Å². The summed E-state index contributed by atoms with van der Waals surface area (Å²) in [6.45, 7) is 1.80. The fourth-order valence-corrected chi connectivity index (χ4v) is 5.93. The number of hydrogen-bond acceptors (Lipinski definition) is 4. The van der Waals surface area contributed by atoms with E-state index in [-0.39, 0.29) is 28.9 Å². The standard InChI is InChI=1S/C29H30Cl2N4O2/c1-33(21-12-16-35(17-13-21)22-10-14-32-15-11-22)28(36)20-7-6-19-8-9-26(24(19)18-20)34(2)29(37)23-4-3-5-25(30)27(23)31/h3-7,10-11,14-15,18,21,26H,8-9,12-13,16-17H2,1-2H3. The maximum absolute atomic E-state index is 13.5. The van der Waals surface area contributed by atoms with Crippen LogP contribution in [0.3, 0.4) is 0 Å². The van der Waals surface area contributed by atoms with Crippen LogP contribution in [-0.4, -0.2) is 59.8 Å². The van der Waals surface area contributed by atoms with Crippen molar-refractivity contribution in [3.05, 3.63) is 93.2 Å². The second-order valence-corrected chi connectivity index (χ2v) is 10.6. The lowest BCUT2D eigenvalue weighted by molar-refractivity contribution is 0.0709. The first-order chi connectivity index (χ1) is 17.8. The summed E-state index contributed by atoms with van der Waals surface area (Å²) in [6.07, 6.45) is 7.11. The molecule has 2 amide bonds. The average Bonchev–Trinajstić information content (AvgIpc) is 3.37. The van der Waals surface area contributed by atoms with Crippen LogP contribution >= 0.6 is 23.2 Å². The lowest BCUT2D eigenvalue weighted by Gasteiger charge is -2.38. The molecule has 2 heterocycles. The molecule has 1 aromatic heterocycles. The highest BCUT2D eigenvalue weighted by atomic mass is 35.5. The van der Waals surface area contributed by atoms with E-state index in [4.69, 9.17) is 23.2 Å². The van der Waals surface area contributed by atoms with Crippen molar-refractivity contribution in [2.45, 2.75) is 37.8 Å². The van der Waals surface area contributed by atoms with Gasteiger partial charge < -0.3 is 14.7 Å². The van der Waals surface area contributed by atoms with Gasteiger partial charge in [-0.05, 0) is 73.2 Å². The number of halogens is 2. The van der Waals surface area contributed by atoms with Gasteiger partial charge in [-0.15, -0.1) is 0 Å². The zero-order valence-corrected chi connectivity index (χ0v) is 22.5. The molecule has 8 heteroatoms. The van der Waals surface area contributed by atoms with E-state index in [1.54, 1.807) is 30.1 Å². The molecule has 5 rings (SSSR count). The smallest absolute Gasteiger partial charge is 0.255 e. The molecule has 2 aliphatic rings. The Balaban J connectivity index is 1.29. The molecule has 37 heavy (non-hydrogen) atoms. The predicted octanol–water partition coefficient (Wildman–Crippen LogP) is 5.89. The van der Waals surface area contributed by atoms with Gasteiger partial charge in [-0.2, -0.15) is 0 Å². The SMILES string of the molecule is CN(C(=O)c1ccc2c(c1)C(N(C)C(=O)c1cccc(Cl)c1Cl)CC2)C1CCN(c2ccncc2)CC1.